The number of nitrogens with zero attached hydrogens (tertiary/aromatic N) is 1. The van der Waals surface area contributed by atoms with Crippen LogP contribution in [0.3, 0.4) is 0 Å². The van der Waals surface area contributed by atoms with Gasteiger partial charge < -0.3 is 5.32 Å². The zero-order valence-electron chi connectivity index (χ0n) is 9.78. The molecule has 1 aromatic carbocycles. The molecule has 1 unspecified atom stereocenters. The Labute approximate surface area is 97.6 Å². The van der Waals surface area contributed by atoms with Crippen LogP contribution in [0.5, 0.6) is 0 Å². The third kappa shape index (κ3) is 2.13. The van der Waals surface area contributed by atoms with Crippen molar-refractivity contribution in [1.82, 2.24) is 10.2 Å². The Kier molecular flexibility index (Phi) is 2.94. The summed E-state index contributed by atoms with van der Waals surface area (Å²) in [4.78, 5) is 2.60. The first-order valence-electron chi connectivity index (χ1n) is 6.44. The van der Waals surface area contributed by atoms with Gasteiger partial charge in [-0.2, -0.15) is 0 Å². The average molecular weight is 216 g/mol. The fourth-order valence-corrected chi connectivity index (χ4v) is 2.93. The van der Waals surface area contributed by atoms with Crippen molar-refractivity contribution in [3.05, 3.63) is 35.4 Å². The molecule has 0 aromatic heterocycles. The molecule has 2 nitrogen and oxygen atoms in total. The van der Waals surface area contributed by atoms with Gasteiger partial charge in [0.15, 0.2) is 0 Å². The largest absolute Gasteiger partial charge is 0.313 e. The van der Waals surface area contributed by atoms with Gasteiger partial charge in [0, 0.05) is 25.7 Å². The van der Waals surface area contributed by atoms with E-state index in [9.17, 15) is 0 Å². The maximum Gasteiger partial charge on any atom is 0.0237 e. The van der Waals surface area contributed by atoms with Gasteiger partial charge in [0.25, 0.3) is 0 Å². The van der Waals surface area contributed by atoms with Crippen LogP contribution in [0.4, 0.5) is 0 Å². The van der Waals surface area contributed by atoms with Crippen LogP contribution in [0.2, 0.25) is 0 Å². The predicted octanol–water partition coefficient (Wildman–Crippen LogP) is 1.80. The molecule has 0 spiro atoms. The fourth-order valence-electron chi connectivity index (χ4n) is 2.93. The minimum absolute atomic E-state index is 0.741. The molecule has 2 heterocycles. The van der Waals surface area contributed by atoms with E-state index in [1.807, 2.05) is 0 Å². The summed E-state index contributed by atoms with van der Waals surface area (Å²) in [6.45, 7) is 4.83. The van der Waals surface area contributed by atoms with Gasteiger partial charge >= 0.3 is 0 Å². The van der Waals surface area contributed by atoms with Crippen LogP contribution in [0.15, 0.2) is 24.3 Å². The summed E-state index contributed by atoms with van der Waals surface area (Å²) in [6, 6.07) is 9.62. The van der Waals surface area contributed by atoms with Crippen LogP contribution < -0.4 is 5.32 Å². The first kappa shape index (κ1) is 10.3. The van der Waals surface area contributed by atoms with Gasteiger partial charge in [0.1, 0.15) is 0 Å². The summed E-state index contributed by atoms with van der Waals surface area (Å²) in [5.74, 6) is 0. The number of fused-ring (bicyclic) bond motifs is 1. The zero-order valence-corrected chi connectivity index (χ0v) is 9.78. The summed E-state index contributed by atoms with van der Waals surface area (Å²) >= 11 is 0. The third-order valence-corrected chi connectivity index (χ3v) is 3.85. The molecule has 0 radical (unpaired) electrons. The molecule has 0 amide bonds. The summed E-state index contributed by atoms with van der Waals surface area (Å²) in [6.07, 6.45) is 3.94. The molecule has 2 aliphatic heterocycles. The van der Waals surface area contributed by atoms with Gasteiger partial charge in [0.2, 0.25) is 0 Å². The van der Waals surface area contributed by atoms with Gasteiger partial charge in [-0.15, -0.1) is 0 Å². The van der Waals surface area contributed by atoms with Crippen molar-refractivity contribution >= 4 is 0 Å². The summed E-state index contributed by atoms with van der Waals surface area (Å²) < 4.78 is 0. The normalized spacial score (nSPS) is 25.6. The van der Waals surface area contributed by atoms with Crippen molar-refractivity contribution < 1.29 is 0 Å². The highest BCUT2D eigenvalue weighted by Crippen LogP contribution is 2.19. The molecule has 1 N–H and O–H groups in total. The molecule has 3 rings (SSSR count). The maximum atomic E-state index is 3.59. The number of hydrogen-bond donors (Lipinski definition) is 1. The second-order valence-electron chi connectivity index (χ2n) is 5.05. The highest BCUT2D eigenvalue weighted by Gasteiger charge is 2.21. The monoisotopic (exact) mass is 216 g/mol. The molecular formula is C14H20N2. The smallest absolute Gasteiger partial charge is 0.0237 e. The van der Waals surface area contributed by atoms with Crippen molar-refractivity contribution in [2.45, 2.75) is 31.8 Å². The molecule has 86 valence electrons. The molecule has 16 heavy (non-hydrogen) atoms. The molecular weight excluding hydrogens is 196 g/mol. The topological polar surface area (TPSA) is 15.3 Å². The predicted molar refractivity (Wildman–Crippen MR) is 66.4 cm³/mol. The van der Waals surface area contributed by atoms with E-state index in [2.05, 4.69) is 34.5 Å². The van der Waals surface area contributed by atoms with Crippen molar-refractivity contribution in [1.29, 1.82) is 0 Å². The lowest BCUT2D eigenvalue weighted by Gasteiger charge is -2.30. The van der Waals surface area contributed by atoms with Crippen molar-refractivity contribution in [3.63, 3.8) is 0 Å². The number of rotatable bonds is 2. The van der Waals surface area contributed by atoms with Crippen LogP contribution in [-0.4, -0.2) is 30.6 Å². The fraction of sp³-hybridized carbons (Fsp3) is 0.571. The Bertz CT molecular complexity index is 356. The van der Waals surface area contributed by atoms with Crippen LogP contribution in [0.25, 0.3) is 0 Å². The molecule has 1 fully saturated rings. The molecule has 0 bridgehead atoms. The van der Waals surface area contributed by atoms with Gasteiger partial charge in [-0.25, -0.2) is 0 Å². The number of benzene rings is 1. The van der Waals surface area contributed by atoms with Crippen molar-refractivity contribution in [2.24, 2.45) is 0 Å². The molecule has 1 saturated heterocycles. The number of hydrogen-bond acceptors (Lipinski definition) is 2. The second kappa shape index (κ2) is 4.56. The minimum Gasteiger partial charge on any atom is -0.313 e. The molecule has 1 atom stereocenters. The lowest BCUT2D eigenvalue weighted by molar-refractivity contribution is 0.231. The van der Waals surface area contributed by atoms with E-state index < -0.39 is 0 Å². The lowest BCUT2D eigenvalue weighted by atomic mass is 9.99. The van der Waals surface area contributed by atoms with E-state index in [4.69, 9.17) is 0 Å². The zero-order chi connectivity index (χ0) is 10.8. The Hall–Kier alpha value is -0.860. The first-order valence-corrected chi connectivity index (χ1v) is 6.44. The summed E-state index contributed by atoms with van der Waals surface area (Å²) in [7, 11) is 0. The first-order chi connectivity index (χ1) is 7.92. The molecule has 2 aliphatic rings. The van der Waals surface area contributed by atoms with Gasteiger partial charge in [-0.1, -0.05) is 24.3 Å². The van der Waals surface area contributed by atoms with Crippen molar-refractivity contribution in [2.75, 3.05) is 19.6 Å². The van der Waals surface area contributed by atoms with Gasteiger partial charge in [-0.3, -0.25) is 4.90 Å². The summed E-state index contributed by atoms with van der Waals surface area (Å²) in [5.41, 5.74) is 3.09. The van der Waals surface area contributed by atoms with Crippen LogP contribution in [0.1, 0.15) is 24.0 Å². The molecule has 0 aliphatic carbocycles. The Morgan fingerprint density at radius 3 is 2.94 bits per heavy atom. The second-order valence-corrected chi connectivity index (χ2v) is 5.05. The summed E-state index contributed by atoms with van der Waals surface area (Å²) in [5, 5.41) is 3.59. The highest BCUT2D eigenvalue weighted by atomic mass is 15.2. The lowest BCUT2D eigenvalue weighted by Crippen LogP contribution is -2.40. The van der Waals surface area contributed by atoms with Crippen molar-refractivity contribution in [3.8, 4) is 0 Å². The quantitative estimate of drug-likeness (QED) is 0.811. The number of nitrogens with one attached hydrogen (secondary N) is 1. The van der Waals surface area contributed by atoms with E-state index in [0.29, 0.717) is 0 Å². The minimum atomic E-state index is 0.741. The molecule has 0 saturated carbocycles. The van der Waals surface area contributed by atoms with E-state index in [-0.39, 0.29) is 0 Å². The van der Waals surface area contributed by atoms with E-state index in [0.717, 1.165) is 12.6 Å². The molecule has 2 heteroatoms. The van der Waals surface area contributed by atoms with E-state index >= 15 is 0 Å². The maximum absolute atomic E-state index is 3.59. The SMILES string of the molecule is c1ccc2c(c1)CCN(CC1CCCN1)C2. The van der Waals surface area contributed by atoms with Gasteiger partial charge in [-0.05, 0) is 36.9 Å². The van der Waals surface area contributed by atoms with Crippen LogP contribution in [-0.2, 0) is 13.0 Å². The third-order valence-electron chi connectivity index (χ3n) is 3.85. The Morgan fingerprint density at radius 1 is 1.25 bits per heavy atom. The molecule has 1 aromatic rings. The average Bonchev–Trinajstić information content (AvgIpc) is 2.82. The van der Waals surface area contributed by atoms with E-state index in [1.165, 1.54) is 44.5 Å². The Morgan fingerprint density at radius 2 is 2.12 bits per heavy atom. The highest BCUT2D eigenvalue weighted by molar-refractivity contribution is 5.29. The van der Waals surface area contributed by atoms with Crippen LogP contribution >= 0.6 is 0 Å². The standard InChI is InChI=1S/C14H20N2/c1-2-5-13-10-16(9-7-12(13)4-1)11-14-6-3-8-15-14/h1-2,4-5,14-15H,3,6-11H2. The Balaban J connectivity index is 1.63. The van der Waals surface area contributed by atoms with Crippen LogP contribution in [0, 0.1) is 0 Å². The van der Waals surface area contributed by atoms with E-state index in [1.54, 1.807) is 5.56 Å². The van der Waals surface area contributed by atoms with Gasteiger partial charge in [0.05, 0.1) is 0 Å².